The minimum atomic E-state index is -0.877. The fourth-order valence-corrected chi connectivity index (χ4v) is 5.87. The van der Waals surface area contributed by atoms with Crippen LogP contribution in [0.5, 0.6) is 0 Å². The molecule has 296 valence electrons. The van der Waals surface area contributed by atoms with Gasteiger partial charge in [0, 0.05) is 19.3 Å². The number of allylic oxidation sites excluding steroid dienone is 6. The summed E-state index contributed by atoms with van der Waals surface area (Å²) in [6.07, 6.45) is 37.6. The summed E-state index contributed by atoms with van der Waals surface area (Å²) in [4.78, 5) is 36.7. The molecule has 8 nitrogen and oxygen atoms in total. The van der Waals surface area contributed by atoms with Crippen molar-refractivity contribution < 1.29 is 38.2 Å². The number of aliphatic carboxylic acids is 1. The van der Waals surface area contributed by atoms with E-state index < -0.39 is 18.1 Å². The van der Waals surface area contributed by atoms with Crippen LogP contribution in [0.25, 0.3) is 0 Å². The molecule has 2 atom stereocenters. The number of likely N-dealkylation sites (N-methyl/N-ethyl adjacent to an activating group) is 1. The molecule has 0 aliphatic heterocycles. The lowest BCUT2D eigenvalue weighted by atomic mass is 10.1. The average Bonchev–Trinajstić information content (AvgIpc) is 3.08. The summed E-state index contributed by atoms with van der Waals surface area (Å²) in [5.74, 6) is -1.48. The van der Waals surface area contributed by atoms with Gasteiger partial charge in [-0.25, -0.2) is 4.79 Å². The number of carbonyl (C=O) groups is 3. The van der Waals surface area contributed by atoms with Crippen LogP contribution < -0.4 is 0 Å². The third-order valence-electron chi connectivity index (χ3n) is 9.05. The Morgan fingerprint density at radius 3 is 1.63 bits per heavy atom. The Hall–Kier alpha value is -2.45. The Kier molecular flexibility index (Phi) is 33.0. The zero-order valence-electron chi connectivity index (χ0n) is 33.6. The molecule has 51 heavy (non-hydrogen) atoms. The summed E-state index contributed by atoms with van der Waals surface area (Å²) in [5.41, 5.74) is 0. The molecule has 0 aromatic heterocycles. The summed E-state index contributed by atoms with van der Waals surface area (Å²) in [6.45, 7) is 4.58. The fourth-order valence-electron chi connectivity index (χ4n) is 5.87. The topological polar surface area (TPSA) is 99.1 Å². The highest BCUT2D eigenvalue weighted by atomic mass is 16.6. The summed E-state index contributed by atoms with van der Waals surface area (Å²) in [7, 11) is 5.51. The molecule has 0 aromatic rings. The van der Waals surface area contributed by atoms with Gasteiger partial charge in [0.05, 0.1) is 34.4 Å². The molecule has 0 rings (SSSR count). The zero-order valence-corrected chi connectivity index (χ0v) is 33.6. The highest BCUT2D eigenvalue weighted by Crippen LogP contribution is 2.14. The Balaban J connectivity index is 4.25. The lowest BCUT2D eigenvalue weighted by molar-refractivity contribution is -0.887. The number of hydrogen-bond donors (Lipinski definition) is 1. The summed E-state index contributed by atoms with van der Waals surface area (Å²) < 4.78 is 17.2. The van der Waals surface area contributed by atoms with Gasteiger partial charge in [-0.3, -0.25) is 9.59 Å². The largest absolute Gasteiger partial charge is 0.477 e. The second-order valence-electron chi connectivity index (χ2n) is 14.9. The van der Waals surface area contributed by atoms with Crippen LogP contribution in [0.4, 0.5) is 0 Å². The molecule has 0 heterocycles. The predicted molar refractivity (Wildman–Crippen MR) is 211 cm³/mol. The number of carboxylic acids is 1. The quantitative estimate of drug-likeness (QED) is 0.0298. The van der Waals surface area contributed by atoms with Gasteiger partial charge in [-0.15, -0.1) is 0 Å². The number of hydrogen-bond acceptors (Lipinski definition) is 6. The number of carbonyl (C=O) groups excluding carboxylic acids is 2. The molecule has 0 spiro atoms. The van der Waals surface area contributed by atoms with Crippen LogP contribution in [0, 0.1) is 0 Å². The van der Waals surface area contributed by atoms with E-state index in [1.165, 1.54) is 77.0 Å². The van der Waals surface area contributed by atoms with E-state index in [-0.39, 0.29) is 36.2 Å². The Labute approximate surface area is 313 Å². The first-order valence-corrected chi connectivity index (χ1v) is 20.5. The smallest absolute Gasteiger partial charge is 0.362 e. The van der Waals surface area contributed by atoms with Crippen LogP contribution in [-0.4, -0.2) is 80.6 Å². The number of esters is 2. The van der Waals surface area contributed by atoms with E-state index in [1.54, 1.807) is 0 Å². The van der Waals surface area contributed by atoms with Crippen molar-refractivity contribution in [2.75, 3.05) is 41.0 Å². The summed E-state index contributed by atoms with van der Waals surface area (Å²) >= 11 is 0. The number of nitrogens with zero attached hydrogens (tertiary/aromatic N) is 1. The van der Waals surface area contributed by atoms with Gasteiger partial charge in [0.25, 0.3) is 0 Å². The Bertz CT molecular complexity index is 937. The average molecular weight is 721 g/mol. The van der Waals surface area contributed by atoms with Gasteiger partial charge in [0.15, 0.2) is 12.1 Å². The molecule has 0 amide bonds. The molecule has 2 unspecified atom stereocenters. The second-order valence-corrected chi connectivity index (χ2v) is 14.9. The monoisotopic (exact) mass is 721 g/mol. The van der Waals surface area contributed by atoms with Crippen molar-refractivity contribution in [3.8, 4) is 0 Å². The van der Waals surface area contributed by atoms with Crippen molar-refractivity contribution in [1.82, 2.24) is 0 Å². The van der Waals surface area contributed by atoms with Crippen LogP contribution in [0.3, 0.4) is 0 Å². The van der Waals surface area contributed by atoms with E-state index in [9.17, 15) is 19.5 Å². The Morgan fingerprint density at radius 1 is 0.608 bits per heavy atom. The summed E-state index contributed by atoms with van der Waals surface area (Å²) in [5, 5.41) is 9.58. The molecule has 0 radical (unpaired) electrons. The SMILES string of the molecule is CC/C=C/C/C=C/C/C=C/CCCCCCCCCCCC(=O)OCC(COCCC(C(=O)O)[N+](C)(C)C)OC(=O)CCCCCCCCCC. The molecule has 0 fully saturated rings. The van der Waals surface area contributed by atoms with E-state index in [1.807, 2.05) is 21.1 Å². The molecule has 8 heteroatoms. The maximum absolute atomic E-state index is 12.6. The van der Waals surface area contributed by atoms with Crippen molar-refractivity contribution in [1.29, 1.82) is 0 Å². The van der Waals surface area contributed by atoms with Gasteiger partial charge in [0.2, 0.25) is 0 Å². The standard InChI is InChI=1S/C43H77NO7/c1-6-8-10-12-14-16-17-18-19-20-21-22-23-24-25-26-28-29-31-33-41(45)50-38-39(37-49-36-35-40(43(47)48)44(3,4)5)51-42(46)34-32-30-27-15-13-11-9-7-2/h8,10,14,16,18-19,39-40H,6-7,9,11-13,15,17,20-38H2,1-5H3/p+1/b10-8+,16-14+,19-18+. The lowest BCUT2D eigenvalue weighted by Gasteiger charge is -2.31. The van der Waals surface area contributed by atoms with Gasteiger partial charge >= 0.3 is 17.9 Å². The summed E-state index contributed by atoms with van der Waals surface area (Å²) in [6, 6.07) is -0.612. The zero-order chi connectivity index (χ0) is 37.8. The van der Waals surface area contributed by atoms with Crippen molar-refractivity contribution in [3.05, 3.63) is 36.5 Å². The molecule has 0 saturated heterocycles. The van der Waals surface area contributed by atoms with Crippen LogP contribution in [0.1, 0.15) is 168 Å². The number of ether oxygens (including phenoxy) is 3. The molecular formula is C43H78NO7+. The minimum Gasteiger partial charge on any atom is -0.477 e. The highest BCUT2D eigenvalue weighted by Gasteiger charge is 2.31. The van der Waals surface area contributed by atoms with Gasteiger partial charge in [-0.1, -0.05) is 140 Å². The third kappa shape index (κ3) is 33.2. The highest BCUT2D eigenvalue weighted by molar-refractivity contribution is 5.72. The van der Waals surface area contributed by atoms with Crippen LogP contribution in [0.15, 0.2) is 36.5 Å². The van der Waals surface area contributed by atoms with Crippen LogP contribution in [-0.2, 0) is 28.6 Å². The van der Waals surface area contributed by atoms with Crippen LogP contribution in [0.2, 0.25) is 0 Å². The molecule has 1 N–H and O–H groups in total. The maximum atomic E-state index is 12.6. The third-order valence-corrected chi connectivity index (χ3v) is 9.05. The van der Waals surface area contributed by atoms with Gasteiger partial charge in [-0.05, 0) is 44.9 Å². The number of unbranched alkanes of at least 4 members (excludes halogenated alkanes) is 16. The van der Waals surface area contributed by atoms with E-state index in [4.69, 9.17) is 14.2 Å². The Morgan fingerprint density at radius 2 is 1.10 bits per heavy atom. The fraction of sp³-hybridized carbons (Fsp3) is 0.791. The van der Waals surface area contributed by atoms with Crippen molar-refractivity contribution in [2.24, 2.45) is 0 Å². The molecule has 0 aromatic carbocycles. The van der Waals surface area contributed by atoms with E-state index in [2.05, 4.69) is 50.3 Å². The molecule has 0 saturated carbocycles. The first kappa shape index (κ1) is 48.5. The maximum Gasteiger partial charge on any atom is 0.362 e. The van der Waals surface area contributed by atoms with Gasteiger partial charge in [-0.2, -0.15) is 0 Å². The number of carboxylic acid groups (broad SMARTS) is 1. The molecule has 0 aliphatic carbocycles. The first-order chi connectivity index (χ1) is 24.6. The number of rotatable bonds is 36. The van der Waals surface area contributed by atoms with Gasteiger partial charge in [0.1, 0.15) is 6.61 Å². The molecule has 0 bridgehead atoms. The molecular weight excluding hydrogens is 642 g/mol. The minimum absolute atomic E-state index is 0.0521. The molecule has 0 aliphatic rings. The first-order valence-electron chi connectivity index (χ1n) is 20.5. The van der Waals surface area contributed by atoms with Gasteiger partial charge < -0.3 is 23.8 Å². The van der Waals surface area contributed by atoms with Crippen molar-refractivity contribution in [3.63, 3.8) is 0 Å². The predicted octanol–water partition coefficient (Wildman–Crippen LogP) is 10.7. The van der Waals surface area contributed by atoms with Crippen molar-refractivity contribution in [2.45, 2.75) is 180 Å². The number of quaternary nitrogens is 1. The van der Waals surface area contributed by atoms with Crippen molar-refractivity contribution >= 4 is 17.9 Å². The normalized spacial score (nSPS) is 13.4. The van der Waals surface area contributed by atoms with Crippen LogP contribution >= 0.6 is 0 Å². The van der Waals surface area contributed by atoms with E-state index in [0.29, 0.717) is 19.3 Å². The van der Waals surface area contributed by atoms with E-state index >= 15 is 0 Å². The van der Waals surface area contributed by atoms with E-state index in [0.717, 1.165) is 57.8 Å². The second kappa shape index (κ2) is 34.6. The lowest BCUT2D eigenvalue weighted by Crippen LogP contribution is -2.50.